The number of hydrogen-bond acceptors (Lipinski definition) is 3. The summed E-state index contributed by atoms with van der Waals surface area (Å²) in [5.74, 6) is -0.405. The molecule has 1 aromatic rings. The van der Waals surface area contributed by atoms with E-state index < -0.39 is 6.04 Å². The van der Waals surface area contributed by atoms with Gasteiger partial charge in [-0.15, -0.1) is 0 Å². The van der Waals surface area contributed by atoms with E-state index in [2.05, 4.69) is 10.6 Å². The van der Waals surface area contributed by atoms with Gasteiger partial charge < -0.3 is 15.4 Å². The predicted octanol–water partition coefficient (Wildman–Crippen LogP) is 2.78. The molecule has 132 valence electrons. The lowest BCUT2D eigenvalue weighted by atomic mass is 9.97. The lowest BCUT2D eigenvalue weighted by Gasteiger charge is -2.24. The average Bonchev–Trinajstić information content (AvgIpc) is 3.10. The quantitative estimate of drug-likeness (QED) is 0.793. The van der Waals surface area contributed by atoms with Crippen LogP contribution in [-0.2, 0) is 9.53 Å². The predicted molar refractivity (Wildman–Crippen MR) is 94.1 cm³/mol. The number of halogens is 1. The van der Waals surface area contributed by atoms with Crippen molar-refractivity contribution in [3.05, 3.63) is 34.9 Å². The number of benzene rings is 1. The van der Waals surface area contributed by atoms with Crippen molar-refractivity contribution >= 4 is 23.4 Å². The summed E-state index contributed by atoms with van der Waals surface area (Å²) < 4.78 is 5.52. The molecule has 6 heteroatoms. The Morgan fingerprint density at radius 2 is 2.04 bits per heavy atom. The van der Waals surface area contributed by atoms with E-state index in [-0.39, 0.29) is 23.8 Å². The molecule has 0 saturated carbocycles. The van der Waals surface area contributed by atoms with Crippen LogP contribution in [0.4, 0.5) is 0 Å². The smallest absolute Gasteiger partial charge is 0.251 e. The molecular formula is C18H25ClN2O3. The van der Waals surface area contributed by atoms with Crippen molar-refractivity contribution in [2.45, 2.75) is 45.3 Å². The van der Waals surface area contributed by atoms with Crippen molar-refractivity contribution in [2.24, 2.45) is 5.92 Å². The molecule has 3 atom stereocenters. The largest absolute Gasteiger partial charge is 0.376 e. The zero-order chi connectivity index (χ0) is 17.5. The standard InChI is InChI=1S/C18H25ClN2O3/c1-3-12(2)16(18(23)20-11-15-5-4-10-24-15)21-17(22)13-6-8-14(19)9-7-13/h6-9,12,15-16H,3-5,10-11H2,1-2H3,(H,20,23)(H,21,22)/t12-,15-,16+/m0/s1. The van der Waals surface area contributed by atoms with E-state index in [1.165, 1.54) is 0 Å². The minimum atomic E-state index is -0.570. The second-order valence-corrected chi connectivity index (χ2v) is 6.66. The van der Waals surface area contributed by atoms with Gasteiger partial charge in [-0.2, -0.15) is 0 Å². The van der Waals surface area contributed by atoms with E-state index in [1.807, 2.05) is 13.8 Å². The van der Waals surface area contributed by atoms with E-state index in [9.17, 15) is 9.59 Å². The first-order chi connectivity index (χ1) is 11.5. The van der Waals surface area contributed by atoms with Crippen LogP contribution in [0.15, 0.2) is 24.3 Å². The first kappa shape index (κ1) is 18.7. The van der Waals surface area contributed by atoms with Crippen LogP contribution in [-0.4, -0.2) is 37.1 Å². The van der Waals surface area contributed by atoms with Crippen LogP contribution in [0.1, 0.15) is 43.5 Å². The topological polar surface area (TPSA) is 67.4 Å². The summed E-state index contributed by atoms with van der Waals surface area (Å²) in [6.07, 6.45) is 2.87. The van der Waals surface area contributed by atoms with Gasteiger partial charge in [0.05, 0.1) is 6.10 Å². The number of rotatable bonds is 7. The molecule has 2 amide bonds. The fourth-order valence-corrected chi connectivity index (χ4v) is 2.78. The van der Waals surface area contributed by atoms with Crippen molar-refractivity contribution in [3.8, 4) is 0 Å². The summed E-state index contributed by atoms with van der Waals surface area (Å²) in [4.78, 5) is 24.9. The van der Waals surface area contributed by atoms with Crippen LogP contribution in [0.5, 0.6) is 0 Å². The Bertz CT molecular complexity index is 556. The van der Waals surface area contributed by atoms with Crippen molar-refractivity contribution in [2.75, 3.05) is 13.2 Å². The van der Waals surface area contributed by atoms with Gasteiger partial charge >= 0.3 is 0 Å². The van der Waals surface area contributed by atoms with E-state index in [0.29, 0.717) is 17.1 Å². The number of nitrogens with one attached hydrogen (secondary N) is 2. The van der Waals surface area contributed by atoms with Gasteiger partial charge in [0.25, 0.3) is 5.91 Å². The van der Waals surface area contributed by atoms with Gasteiger partial charge in [0.2, 0.25) is 5.91 Å². The van der Waals surface area contributed by atoms with Crippen molar-refractivity contribution in [3.63, 3.8) is 0 Å². The Hall–Kier alpha value is -1.59. The maximum atomic E-state index is 12.5. The number of hydrogen-bond donors (Lipinski definition) is 2. The van der Waals surface area contributed by atoms with Crippen LogP contribution in [0.3, 0.4) is 0 Å². The fraction of sp³-hybridized carbons (Fsp3) is 0.556. The van der Waals surface area contributed by atoms with Gasteiger partial charge in [-0.05, 0) is 43.0 Å². The van der Waals surface area contributed by atoms with E-state index >= 15 is 0 Å². The van der Waals surface area contributed by atoms with Crippen LogP contribution in [0.2, 0.25) is 5.02 Å². The average molecular weight is 353 g/mol. The molecule has 2 N–H and O–H groups in total. The van der Waals surface area contributed by atoms with Gasteiger partial charge in [-0.25, -0.2) is 0 Å². The summed E-state index contributed by atoms with van der Waals surface area (Å²) in [5, 5.41) is 6.32. The lowest BCUT2D eigenvalue weighted by molar-refractivity contribution is -0.124. The lowest BCUT2D eigenvalue weighted by Crippen LogP contribution is -2.51. The molecule has 1 heterocycles. The molecule has 5 nitrogen and oxygen atoms in total. The molecule has 0 spiro atoms. The summed E-state index contributed by atoms with van der Waals surface area (Å²) in [6.45, 7) is 5.20. The minimum absolute atomic E-state index is 0.0331. The highest BCUT2D eigenvalue weighted by Crippen LogP contribution is 2.13. The normalized spacial score (nSPS) is 19.5. The van der Waals surface area contributed by atoms with Crippen LogP contribution >= 0.6 is 11.6 Å². The third kappa shape index (κ3) is 5.21. The first-order valence-electron chi connectivity index (χ1n) is 8.47. The highest BCUT2D eigenvalue weighted by molar-refractivity contribution is 6.30. The molecule has 1 fully saturated rings. The molecule has 1 saturated heterocycles. The van der Waals surface area contributed by atoms with Crippen molar-refractivity contribution in [1.29, 1.82) is 0 Å². The Labute approximate surface area is 148 Å². The summed E-state index contributed by atoms with van der Waals surface area (Å²) in [7, 11) is 0. The number of carbonyl (C=O) groups excluding carboxylic acids is 2. The van der Waals surface area contributed by atoms with Gasteiger partial charge in [0.15, 0.2) is 0 Å². The Morgan fingerprint density at radius 3 is 2.62 bits per heavy atom. The SMILES string of the molecule is CC[C@H](C)[C@@H](NC(=O)c1ccc(Cl)cc1)C(=O)NC[C@@H]1CCCO1. The molecule has 2 rings (SSSR count). The maximum Gasteiger partial charge on any atom is 0.251 e. The fourth-order valence-electron chi connectivity index (χ4n) is 2.66. The molecule has 0 aliphatic carbocycles. The van der Waals surface area contributed by atoms with Gasteiger partial charge in [-0.1, -0.05) is 31.9 Å². The highest BCUT2D eigenvalue weighted by Gasteiger charge is 2.27. The van der Waals surface area contributed by atoms with Crippen LogP contribution in [0, 0.1) is 5.92 Å². The van der Waals surface area contributed by atoms with Gasteiger partial charge in [-0.3, -0.25) is 9.59 Å². The Kier molecular flexibility index (Phi) is 7.06. The second kappa shape index (κ2) is 9.04. The second-order valence-electron chi connectivity index (χ2n) is 6.22. The number of amides is 2. The molecular weight excluding hydrogens is 328 g/mol. The summed E-state index contributed by atoms with van der Waals surface area (Å²) in [6, 6.07) is 6.04. The molecule has 0 radical (unpaired) electrons. The molecule has 1 aromatic carbocycles. The molecule has 1 aliphatic rings. The van der Waals surface area contributed by atoms with Crippen LogP contribution in [0.25, 0.3) is 0 Å². The van der Waals surface area contributed by atoms with Gasteiger partial charge in [0, 0.05) is 23.7 Å². The van der Waals surface area contributed by atoms with Crippen molar-refractivity contribution < 1.29 is 14.3 Å². The summed E-state index contributed by atoms with van der Waals surface area (Å²) in [5.41, 5.74) is 0.486. The van der Waals surface area contributed by atoms with E-state index in [0.717, 1.165) is 25.9 Å². The third-order valence-corrected chi connectivity index (χ3v) is 4.67. The van der Waals surface area contributed by atoms with E-state index in [1.54, 1.807) is 24.3 Å². The molecule has 1 aliphatic heterocycles. The number of carbonyl (C=O) groups is 2. The summed E-state index contributed by atoms with van der Waals surface area (Å²) >= 11 is 5.84. The maximum absolute atomic E-state index is 12.5. The van der Waals surface area contributed by atoms with Gasteiger partial charge in [0.1, 0.15) is 6.04 Å². The first-order valence-corrected chi connectivity index (χ1v) is 8.84. The third-order valence-electron chi connectivity index (χ3n) is 4.42. The molecule has 0 unspecified atom stereocenters. The van der Waals surface area contributed by atoms with E-state index in [4.69, 9.17) is 16.3 Å². The van der Waals surface area contributed by atoms with Crippen molar-refractivity contribution in [1.82, 2.24) is 10.6 Å². The Balaban J connectivity index is 1.97. The molecule has 24 heavy (non-hydrogen) atoms. The minimum Gasteiger partial charge on any atom is -0.376 e. The molecule has 0 aromatic heterocycles. The zero-order valence-corrected chi connectivity index (χ0v) is 14.9. The zero-order valence-electron chi connectivity index (χ0n) is 14.2. The monoisotopic (exact) mass is 352 g/mol. The number of ether oxygens (including phenoxy) is 1. The molecule has 0 bridgehead atoms. The highest BCUT2D eigenvalue weighted by atomic mass is 35.5. The van der Waals surface area contributed by atoms with Crippen LogP contribution < -0.4 is 10.6 Å². The Morgan fingerprint density at radius 1 is 1.33 bits per heavy atom.